The number of ether oxygens (including phenoxy) is 1. The second kappa shape index (κ2) is 5.85. The van der Waals surface area contributed by atoms with Crippen molar-refractivity contribution in [2.75, 3.05) is 0 Å². The van der Waals surface area contributed by atoms with Crippen molar-refractivity contribution in [3.63, 3.8) is 0 Å². The van der Waals surface area contributed by atoms with Crippen molar-refractivity contribution < 1.29 is 13.2 Å². The van der Waals surface area contributed by atoms with E-state index >= 15 is 0 Å². The van der Waals surface area contributed by atoms with Gasteiger partial charge in [0.15, 0.2) is 0 Å². The Morgan fingerprint density at radius 2 is 1.62 bits per heavy atom. The lowest BCUT2D eigenvalue weighted by molar-refractivity contribution is 0.155. The van der Waals surface area contributed by atoms with E-state index in [9.17, 15) is 8.42 Å². The Labute approximate surface area is 129 Å². The van der Waals surface area contributed by atoms with Crippen molar-refractivity contribution in [2.45, 2.75) is 43.1 Å². The van der Waals surface area contributed by atoms with Crippen molar-refractivity contribution in [2.24, 2.45) is 0 Å². The molecule has 3 nitrogen and oxygen atoms in total. The summed E-state index contributed by atoms with van der Waals surface area (Å²) in [7, 11) is 1.68. The molecule has 1 saturated carbocycles. The second-order valence-electron chi connectivity index (χ2n) is 5.49. The quantitative estimate of drug-likeness (QED) is 0.782. The predicted octanol–water partition coefficient (Wildman–Crippen LogP) is 4.48. The maximum Gasteiger partial charge on any atom is 0.261 e. The number of hydrogen-bond acceptors (Lipinski definition) is 3. The Morgan fingerprint density at radius 3 is 2.33 bits per heavy atom. The van der Waals surface area contributed by atoms with E-state index in [1.165, 1.54) is 25.3 Å². The first-order chi connectivity index (χ1) is 10.0. The highest BCUT2D eigenvalue weighted by molar-refractivity contribution is 8.13. The van der Waals surface area contributed by atoms with Gasteiger partial charge in [-0.15, -0.1) is 0 Å². The van der Waals surface area contributed by atoms with E-state index in [0.717, 1.165) is 29.4 Å². The molecule has 0 heterocycles. The molecule has 0 saturated heterocycles. The average molecular weight is 325 g/mol. The van der Waals surface area contributed by atoms with Crippen LogP contribution in [0.2, 0.25) is 0 Å². The lowest BCUT2D eigenvalue weighted by atomic mass is 9.98. The minimum absolute atomic E-state index is 0.123. The molecule has 0 aromatic heterocycles. The predicted molar refractivity (Wildman–Crippen MR) is 84.5 cm³/mol. The molecule has 1 fully saturated rings. The third-order valence-corrected chi connectivity index (χ3v) is 5.27. The minimum atomic E-state index is -3.69. The van der Waals surface area contributed by atoms with Gasteiger partial charge in [0, 0.05) is 10.7 Å². The lowest BCUT2D eigenvalue weighted by Crippen LogP contribution is -2.19. The Hall–Kier alpha value is -1.26. The van der Waals surface area contributed by atoms with Crippen LogP contribution in [0.15, 0.2) is 41.3 Å². The maximum atomic E-state index is 11.3. The molecular formula is C16H17ClO3S. The van der Waals surface area contributed by atoms with Crippen LogP contribution in [-0.4, -0.2) is 14.5 Å². The second-order valence-corrected chi connectivity index (χ2v) is 8.05. The number of benzene rings is 2. The van der Waals surface area contributed by atoms with Crippen molar-refractivity contribution >= 4 is 30.5 Å². The molecule has 2 aromatic rings. The lowest BCUT2D eigenvalue weighted by Gasteiger charge is -2.23. The van der Waals surface area contributed by atoms with E-state index in [1.54, 1.807) is 12.1 Å². The van der Waals surface area contributed by atoms with Gasteiger partial charge in [-0.1, -0.05) is 18.6 Å². The third-order valence-electron chi connectivity index (χ3n) is 3.92. The summed E-state index contributed by atoms with van der Waals surface area (Å²) in [6.45, 7) is 0. The summed E-state index contributed by atoms with van der Waals surface area (Å²) in [5, 5.41) is 1.79. The summed E-state index contributed by atoms with van der Waals surface area (Å²) < 4.78 is 28.7. The standard InChI is InChI=1S/C16H17ClO3S/c17-21(18,19)16-9-7-12-10-15(8-6-13(12)11-16)20-14-4-2-1-3-5-14/h6-11,14H,1-5H2. The molecule has 5 heteroatoms. The van der Waals surface area contributed by atoms with Crippen molar-refractivity contribution in [1.29, 1.82) is 0 Å². The molecule has 0 radical (unpaired) electrons. The molecule has 3 rings (SSSR count). The maximum absolute atomic E-state index is 11.3. The minimum Gasteiger partial charge on any atom is -0.490 e. The fourth-order valence-electron chi connectivity index (χ4n) is 2.80. The zero-order chi connectivity index (χ0) is 14.9. The van der Waals surface area contributed by atoms with E-state index in [1.807, 2.05) is 18.2 Å². The molecule has 0 unspecified atom stereocenters. The van der Waals surface area contributed by atoms with Crippen LogP contribution >= 0.6 is 10.7 Å². The molecular weight excluding hydrogens is 308 g/mol. The summed E-state index contributed by atoms with van der Waals surface area (Å²) in [6, 6.07) is 10.6. The summed E-state index contributed by atoms with van der Waals surface area (Å²) >= 11 is 0. The van der Waals surface area contributed by atoms with Gasteiger partial charge in [-0.2, -0.15) is 0 Å². The van der Waals surface area contributed by atoms with E-state index in [4.69, 9.17) is 15.4 Å². The zero-order valence-corrected chi connectivity index (χ0v) is 13.2. The van der Waals surface area contributed by atoms with Crippen LogP contribution in [-0.2, 0) is 9.05 Å². The summed E-state index contributed by atoms with van der Waals surface area (Å²) in [5.74, 6) is 0.843. The van der Waals surface area contributed by atoms with Crippen LogP contribution < -0.4 is 4.74 Å². The van der Waals surface area contributed by atoms with Gasteiger partial charge in [-0.3, -0.25) is 0 Å². The molecule has 1 aliphatic rings. The van der Waals surface area contributed by atoms with Gasteiger partial charge in [0.1, 0.15) is 5.75 Å². The third kappa shape index (κ3) is 3.50. The molecule has 0 atom stereocenters. The first-order valence-electron chi connectivity index (χ1n) is 7.17. The van der Waals surface area contributed by atoms with E-state index < -0.39 is 9.05 Å². The first-order valence-corrected chi connectivity index (χ1v) is 9.48. The van der Waals surface area contributed by atoms with Crippen LogP contribution in [0.25, 0.3) is 10.8 Å². The average Bonchev–Trinajstić information content (AvgIpc) is 2.47. The molecule has 1 aliphatic carbocycles. The summed E-state index contributed by atoms with van der Waals surface area (Å²) in [5.41, 5.74) is 0. The Kier molecular flexibility index (Phi) is 4.09. The fraction of sp³-hybridized carbons (Fsp3) is 0.375. The zero-order valence-electron chi connectivity index (χ0n) is 11.6. The van der Waals surface area contributed by atoms with E-state index in [-0.39, 0.29) is 4.90 Å². The Morgan fingerprint density at radius 1 is 0.952 bits per heavy atom. The number of fused-ring (bicyclic) bond motifs is 1. The highest BCUT2D eigenvalue weighted by Gasteiger charge is 2.15. The summed E-state index contributed by atoms with van der Waals surface area (Å²) in [4.78, 5) is 0.123. The highest BCUT2D eigenvalue weighted by atomic mass is 35.7. The van der Waals surface area contributed by atoms with E-state index in [2.05, 4.69) is 0 Å². The largest absolute Gasteiger partial charge is 0.490 e. The van der Waals surface area contributed by atoms with Crippen molar-refractivity contribution in [1.82, 2.24) is 0 Å². The molecule has 112 valence electrons. The van der Waals surface area contributed by atoms with Crippen LogP contribution in [0.3, 0.4) is 0 Å². The highest BCUT2D eigenvalue weighted by Crippen LogP contribution is 2.28. The van der Waals surface area contributed by atoms with Gasteiger partial charge >= 0.3 is 0 Å². The normalized spacial score (nSPS) is 17.0. The van der Waals surface area contributed by atoms with Crippen molar-refractivity contribution in [3.05, 3.63) is 36.4 Å². The number of rotatable bonds is 3. The molecule has 2 aromatic carbocycles. The fourth-order valence-corrected chi connectivity index (χ4v) is 3.59. The van der Waals surface area contributed by atoms with Gasteiger partial charge in [-0.25, -0.2) is 8.42 Å². The molecule has 0 bridgehead atoms. The van der Waals surface area contributed by atoms with E-state index in [0.29, 0.717) is 6.10 Å². The van der Waals surface area contributed by atoms with Crippen LogP contribution in [0.1, 0.15) is 32.1 Å². The van der Waals surface area contributed by atoms with Gasteiger partial charge in [0.25, 0.3) is 9.05 Å². The monoisotopic (exact) mass is 324 g/mol. The van der Waals surface area contributed by atoms with Gasteiger partial charge in [-0.05, 0) is 60.7 Å². The Balaban J connectivity index is 1.86. The molecule has 0 aliphatic heterocycles. The van der Waals surface area contributed by atoms with Crippen molar-refractivity contribution in [3.8, 4) is 5.75 Å². The molecule has 0 amide bonds. The van der Waals surface area contributed by atoms with Gasteiger partial charge in [0.05, 0.1) is 11.0 Å². The number of hydrogen-bond donors (Lipinski definition) is 0. The summed E-state index contributed by atoms with van der Waals surface area (Å²) in [6.07, 6.45) is 6.29. The SMILES string of the molecule is O=S(=O)(Cl)c1ccc2cc(OC3CCCCC3)ccc2c1. The molecule has 0 spiro atoms. The van der Waals surface area contributed by atoms with Gasteiger partial charge < -0.3 is 4.74 Å². The van der Waals surface area contributed by atoms with Crippen LogP contribution in [0, 0.1) is 0 Å². The van der Waals surface area contributed by atoms with Gasteiger partial charge in [0.2, 0.25) is 0 Å². The first kappa shape index (κ1) is 14.7. The molecule has 21 heavy (non-hydrogen) atoms. The molecule has 0 N–H and O–H groups in total. The van der Waals surface area contributed by atoms with Crippen LogP contribution in [0.5, 0.6) is 5.75 Å². The van der Waals surface area contributed by atoms with Crippen LogP contribution in [0.4, 0.5) is 0 Å². The number of halogens is 1. The topological polar surface area (TPSA) is 43.4 Å². The smallest absolute Gasteiger partial charge is 0.261 e. The Bertz CT molecular complexity index is 749.